The molecule has 0 bridgehead atoms. The molecule has 0 saturated carbocycles. The molecule has 0 unspecified atom stereocenters. The molecule has 0 fully saturated rings. The minimum atomic E-state index is -0.283. The van der Waals surface area contributed by atoms with Crippen LogP contribution >= 0.6 is 0 Å². The van der Waals surface area contributed by atoms with Crippen molar-refractivity contribution in [1.29, 1.82) is 0 Å². The second kappa shape index (κ2) is 10.6. The smallest absolute Gasteiger partial charge is 0.253 e. The lowest BCUT2D eigenvalue weighted by Gasteiger charge is -2.18. The third kappa shape index (κ3) is 6.67. The molecule has 4 nitrogen and oxygen atoms in total. The molecule has 164 valence electrons. The number of benzene rings is 3. The first-order valence-corrected chi connectivity index (χ1v) is 10.8. The Morgan fingerprint density at radius 3 is 2.19 bits per heavy atom. The van der Waals surface area contributed by atoms with Crippen LogP contribution in [0.3, 0.4) is 0 Å². The molecule has 0 saturated heterocycles. The highest BCUT2D eigenvalue weighted by Gasteiger charge is 2.13. The monoisotopic (exact) mass is 426 g/mol. The minimum Gasteiger partial charge on any atom is -0.352 e. The van der Waals surface area contributed by atoms with E-state index < -0.39 is 0 Å². The van der Waals surface area contributed by atoms with E-state index in [1.54, 1.807) is 30.3 Å². The summed E-state index contributed by atoms with van der Waals surface area (Å²) < 4.78 is 0. The van der Waals surface area contributed by atoms with Crippen LogP contribution in [-0.2, 0) is 16.6 Å². The Morgan fingerprint density at radius 2 is 1.50 bits per heavy atom. The molecule has 3 aromatic carbocycles. The topological polar surface area (TPSA) is 58.2 Å². The molecule has 0 atom stereocenters. The van der Waals surface area contributed by atoms with Crippen molar-refractivity contribution >= 4 is 23.6 Å². The van der Waals surface area contributed by atoms with Gasteiger partial charge in [-0.3, -0.25) is 9.59 Å². The molecule has 3 rings (SSSR count). The number of carbonyl (C=O) groups is 2. The van der Waals surface area contributed by atoms with E-state index in [0.29, 0.717) is 17.8 Å². The Morgan fingerprint density at radius 1 is 0.844 bits per heavy atom. The van der Waals surface area contributed by atoms with Gasteiger partial charge in [-0.15, -0.1) is 0 Å². The summed E-state index contributed by atoms with van der Waals surface area (Å²) in [5, 5.41) is 5.75. The van der Waals surface area contributed by atoms with Gasteiger partial charge in [-0.1, -0.05) is 87.5 Å². The van der Waals surface area contributed by atoms with Crippen molar-refractivity contribution in [3.63, 3.8) is 0 Å². The number of para-hydroxylation sites is 1. The predicted molar refractivity (Wildman–Crippen MR) is 132 cm³/mol. The summed E-state index contributed by atoms with van der Waals surface area (Å²) in [7, 11) is 0. The highest BCUT2D eigenvalue weighted by Crippen LogP contribution is 2.22. The summed E-state index contributed by atoms with van der Waals surface area (Å²) in [6, 6.07) is 25.2. The lowest BCUT2D eigenvalue weighted by Crippen LogP contribution is -2.27. The van der Waals surface area contributed by atoms with Gasteiger partial charge in [0.15, 0.2) is 0 Å². The first-order chi connectivity index (χ1) is 15.3. The molecule has 0 aliphatic rings. The highest BCUT2D eigenvalue weighted by atomic mass is 16.2. The van der Waals surface area contributed by atoms with Gasteiger partial charge in [0.25, 0.3) is 5.91 Å². The number of hydrogen-bond donors (Lipinski definition) is 2. The van der Waals surface area contributed by atoms with Crippen molar-refractivity contribution in [3.05, 3.63) is 107 Å². The van der Waals surface area contributed by atoms with E-state index in [9.17, 15) is 9.59 Å². The largest absolute Gasteiger partial charge is 0.352 e. The summed E-state index contributed by atoms with van der Waals surface area (Å²) in [5.41, 5.74) is 4.37. The molecule has 0 aromatic heterocycles. The van der Waals surface area contributed by atoms with E-state index in [0.717, 1.165) is 17.5 Å². The summed E-state index contributed by atoms with van der Waals surface area (Å²) >= 11 is 0. The van der Waals surface area contributed by atoms with Crippen LogP contribution in [0.4, 0.5) is 5.69 Å². The van der Waals surface area contributed by atoms with Crippen molar-refractivity contribution < 1.29 is 9.59 Å². The van der Waals surface area contributed by atoms with E-state index in [4.69, 9.17) is 0 Å². The third-order valence-electron chi connectivity index (χ3n) is 5.18. The molecule has 4 heteroatoms. The van der Waals surface area contributed by atoms with Crippen molar-refractivity contribution in [2.24, 2.45) is 0 Å². The number of carbonyl (C=O) groups excluding carboxylic acids is 2. The first kappa shape index (κ1) is 23.0. The number of rotatable bonds is 7. The second-order valence-corrected chi connectivity index (χ2v) is 8.73. The average molecular weight is 427 g/mol. The van der Waals surface area contributed by atoms with Crippen molar-refractivity contribution in [3.8, 4) is 0 Å². The molecular weight excluding hydrogens is 396 g/mol. The first-order valence-electron chi connectivity index (χ1n) is 10.8. The minimum absolute atomic E-state index is 0.0883. The van der Waals surface area contributed by atoms with Crippen LogP contribution in [0.2, 0.25) is 0 Å². The molecule has 0 heterocycles. The number of hydrogen-bond acceptors (Lipinski definition) is 2. The summed E-state index contributed by atoms with van der Waals surface area (Å²) in [5.74, 6) is -0.493. The van der Waals surface area contributed by atoms with Crippen LogP contribution in [-0.4, -0.2) is 18.4 Å². The maximum atomic E-state index is 12.6. The molecule has 0 aliphatic heterocycles. The predicted octanol–water partition coefficient (Wildman–Crippen LogP) is 5.61. The van der Waals surface area contributed by atoms with Gasteiger partial charge < -0.3 is 10.6 Å². The van der Waals surface area contributed by atoms with Crippen molar-refractivity contribution in [2.75, 3.05) is 11.9 Å². The zero-order chi connectivity index (χ0) is 23.0. The quantitative estimate of drug-likeness (QED) is 0.483. The normalized spacial score (nSPS) is 11.3. The average Bonchev–Trinajstić information content (AvgIpc) is 2.78. The van der Waals surface area contributed by atoms with Gasteiger partial charge in [0, 0.05) is 12.6 Å². The van der Waals surface area contributed by atoms with Crippen LogP contribution < -0.4 is 10.6 Å². The Kier molecular flexibility index (Phi) is 7.61. The van der Waals surface area contributed by atoms with E-state index in [-0.39, 0.29) is 17.2 Å². The van der Waals surface area contributed by atoms with Crippen molar-refractivity contribution in [1.82, 2.24) is 5.32 Å². The zero-order valence-corrected chi connectivity index (χ0v) is 18.9. The molecule has 3 aromatic rings. The summed E-state index contributed by atoms with van der Waals surface area (Å²) in [4.78, 5) is 25.1. The van der Waals surface area contributed by atoms with Gasteiger partial charge in [0.1, 0.15) is 0 Å². The summed E-state index contributed by atoms with van der Waals surface area (Å²) in [6.07, 6.45) is 4.00. The molecule has 0 radical (unpaired) electrons. The number of nitrogens with one attached hydrogen (secondary N) is 2. The molecule has 0 spiro atoms. The Bertz CT molecular complexity index is 1080. The summed E-state index contributed by atoms with van der Waals surface area (Å²) in [6.45, 7) is 7.03. The fourth-order valence-electron chi connectivity index (χ4n) is 3.29. The Balaban J connectivity index is 1.59. The van der Waals surface area contributed by atoms with Crippen molar-refractivity contribution in [2.45, 2.75) is 32.6 Å². The third-order valence-corrected chi connectivity index (χ3v) is 5.18. The van der Waals surface area contributed by atoms with Crippen LogP contribution in [0.15, 0.2) is 84.9 Å². The van der Waals surface area contributed by atoms with E-state index >= 15 is 0 Å². The number of amides is 2. The van der Waals surface area contributed by atoms with Crippen LogP contribution in [0.25, 0.3) is 6.08 Å². The standard InChI is InChI=1S/C28H30N2O2/c1-28(2,3)23-16-13-22(14-17-23)15-18-26(31)30-25-12-8-7-11-24(25)27(32)29-20-19-21-9-5-4-6-10-21/h4-18H,19-20H2,1-3H3,(H,29,32)(H,30,31)/b18-15+. The highest BCUT2D eigenvalue weighted by molar-refractivity contribution is 6.07. The Labute approximate surface area is 190 Å². The molecule has 0 aliphatic carbocycles. The van der Waals surface area contributed by atoms with Crippen LogP contribution in [0.5, 0.6) is 0 Å². The lowest BCUT2D eigenvalue weighted by atomic mass is 9.87. The molecule has 2 amide bonds. The van der Waals surface area contributed by atoms with Gasteiger partial charge in [-0.2, -0.15) is 0 Å². The fourth-order valence-corrected chi connectivity index (χ4v) is 3.29. The van der Waals surface area contributed by atoms with Gasteiger partial charge in [0.2, 0.25) is 5.91 Å². The second-order valence-electron chi connectivity index (χ2n) is 8.73. The fraction of sp³-hybridized carbons (Fsp3) is 0.214. The van der Waals surface area contributed by atoms with Gasteiger partial charge in [0.05, 0.1) is 11.3 Å². The van der Waals surface area contributed by atoms with E-state index in [1.807, 2.05) is 42.5 Å². The maximum Gasteiger partial charge on any atom is 0.253 e. The van der Waals surface area contributed by atoms with E-state index in [1.165, 1.54) is 11.6 Å². The maximum absolute atomic E-state index is 12.6. The SMILES string of the molecule is CC(C)(C)c1ccc(/C=C/C(=O)Nc2ccccc2C(=O)NCCc2ccccc2)cc1. The molecule has 32 heavy (non-hydrogen) atoms. The van der Waals surface area contributed by atoms with Crippen LogP contribution in [0, 0.1) is 0 Å². The Hall–Kier alpha value is -3.66. The zero-order valence-electron chi connectivity index (χ0n) is 18.9. The van der Waals surface area contributed by atoms with E-state index in [2.05, 4.69) is 43.5 Å². The number of anilines is 1. The van der Waals surface area contributed by atoms with Gasteiger partial charge in [-0.05, 0) is 46.7 Å². The molecular formula is C28H30N2O2. The van der Waals surface area contributed by atoms with Gasteiger partial charge in [-0.25, -0.2) is 0 Å². The van der Waals surface area contributed by atoms with Gasteiger partial charge >= 0.3 is 0 Å². The molecule has 2 N–H and O–H groups in total. The van der Waals surface area contributed by atoms with Crippen LogP contribution in [0.1, 0.15) is 47.8 Å². The lowest BCUT2D eigenvalue weighted by molar-refractivity contribution is -0.111.